The summed E-state index contributed by atoms with van der Waals surface area (Å²) in [5.74, 6) is -1.12. The van der Waals surface area contributed by atoms with Crippen molar-refractivity contribution in [1.29, 1.82) is 0 Å². The molecule has 0 aliphatic carbocycles. The fourth-order valence-corrected chi connectivity index (χ4v) is 2.61. The Kier molecular flexibility index (Phi) is 4.55. The Balaban J connectivity index is 2.13. The molecule has 0 radical (unpaired) electrons. The van der Waals surface area contributed by atoms with E-state index in [0.717, 1.165) is 22.1 Å². The number of carboxylic acid groups (broad SMARTS) is 1. The van der Waals surface area contributed by atoms with Crippen molar-refractivity contribution in [3.05, 3.63) is 57.3 Å². The number of aryl methyl sites for hydroxylation is 2. The van der Waals surface area contributed by atoms with Crippen molar-refractivity contribution < 1.29 is 14.7 Å². The summed E-state index contributed by atoms with van der Waals surface area (Å²) in [5, 5.41) is 11.5. The molecule has 4 nitrogen and oxygen atoms in total. The van der Waals surface area contributed by atoms with Crippen LogP contribution in [-0.2, 0) is 4.79 Å². The predicted octanol–water partition coefficient (Wildman–Crippen LogP) is 3.72. The third-order valence-electron chi connectivity index (χ3n) is 2.90. The van der Waals surface area contributed by atoms with Crippen LogP contribution in [0.3, 0.4) is 0 Å². The minimum atomic E-state index is -0.986. The van der Waals surface area contributed by atoms with Crippen LogP contribution < -0.4 is 5.32 Å². The Morgan fingerprint density at radius 1 is 1.19 bits per heavy atom. The van der Waals surface area contributed by atoms with Crippen LogP contribution in [0.2, 0.25) is 0 Å². The second-order valence-electron chi connectivity index (χ2n) is 4.61. The first kappa shape index (κ1) is 15.0. The number of nitrogens with one attached hydrogen (secondary N) is 1. The molecule has 0 bridgehead atoms. The molecule has 5 heteroatoms. The van der Waals surface area contributed by atoms with Crippen LogP contribution >= 0.6 is 11.3 Å². The van der Waals surface area contributed by atoms with E-state index < -0.39 is 5.97 Å². The molecule has 0 aliphatic rings. The Morgan fingerprint density at radius 3 is 2.52 bits per heavy atom. The molecule has 0 atom stereocenters. The van der Waals surface area contributed by atoms with Gasteiger partial charge in [0.2, 0.25) is 0 Å². The van der Waals surface area contributed by atoms with Gasteiger partial charge >= 0.3 is 5.97 Å². The largest absolute Gasteiger partial charge is 0.478 e. The highest BCUT2D eigenvalue weighted by Crippen LogP contribution is 2.20. The van der Waals surface area contributed by atoms with Gasteiger partial charge < -0.3 is 10.4 Å². The van der Waals surface area contributed by atoms with Crippen molar-refractivity contribution in [3.8, 4) is 0 Å². The number of thiophene rings is 1. The van der Waals surface area contributed by atoms with Gasteiger partial charge in [0.1, 0.15) is 0 Å². The summed E-state index contributed by atoms with van der Waals surface area (Å²) < 4.78 is 0. The van der Waals surface area contributed by atoms with Gasteiger partial charge in [-0.1, -0.05) is 6.07 Å². The molecule has 2 rings (SSSR count). The summed E-state index contributed by atoms with van der Waals surface area (Å²) >= 11 is 1.45. The summed E-state index contributed by atoms with van der Waals surface area (Å²) in [4.78, 5) is 24.3. The lowest BCUT2D eigenvalue weighted by Gasteiger charge is -2.07. The first-order valence-corrected chi connectivity index (χ1v) is 7.17. The van der Waals surface area contributed by atoms with E-state index in [0.29, 0.717) is 10.6 Å². The van der Waals surface area contributed by atoms with Crippen molar-refractivity contribution in [2.45, 2.75) is 13.8 Å². The van der Waals surface area contributed by atoms with Gasteiger partial charge in [-0.05, 0) is 55.3 Å². The molecule has 0 saturated heterocycles. The average Bonchev–Trinajstić information content (AvgIpc) is 2.84. The molecule has 0 fully saturated rings. The van der Waals surface area contributed by atoms with Crippen LogP contribution in [-0.4, -0.2) is 17.0 Å². The molecule has 1 aromatic heterocycles. The normalized spacial score (nSPS) is 10.8. The van der Waals surface area contributed by atoms with E-state index in [1.807, 2.05) is 26.0 Å². The van der Waals surface area contributed by atoms with Gasteiger partial charge in [-0.3, -0.25) is 4.79 Å². The molecule has 2 N–H and O–H groups in total. The Hall–Kier alpha value is -2.40. The van der Waals surface area contributed by atoms with E-state index >= 15 is 0 Å². The van der Waals surface area contributed by atoms with Crippen molar-refractivity contribution in [1.82, 2.24) is 0 Å². The van der Waals surface area contributed by atoms with E-state index in [9.17, 15) is 9.59 Å². The number of carboxylic acids is 1. The first-order chi connectivity index (χ1) is 9.95. The van der Waals surface area contributed by atoms with Gasteiger partial charge in [-0.15, -0.1) is 11.3 Å². The zero-order chi connectivity index (χ0) is 15.4. The number of amides is 1. The minimum Gasteiger partial charge on any atom is -0.478 e. The highest BCUT2D eigenvalue weighted by molar-refractivity contribution is 7.14. The van der Waals surface area contributed by atoms with Crippen LogP contribution in [0.15, 0.2) is 36.4 Å². The van der Waals surface area contributed by atoms with Crippen molar-refractivity contribution in [2.75, 3.05) is 5.32 Å². The zero-order valence-electron chi connectivity index (χ0n) is 11.7. The quantitative estimate of drug-likeness (QED) is 0.846. The fraction of sp³-hybridized carbons (Fsp3) is 0.125. The van der Waals surface area contributed by atoms with Crippen LogP contribution in [0, 0.1) is 13.8 Å². The Bertz CT molecular complexity index is 716. The molecule has 0 aliphatic heterocycles. The SMILES string of the molecule is Cc1ccc(C(=O)Nc2ccc(C=CC(=O)O)c(C)c2)s1. The van der Waals surface area contributed by atoms with Crippen molar-refractivity contribution >= 4 is 35.0 Å². The average molecular weight is 301 g/mol. The zero-order valence-corrected chi connectivity index (χ0v) is 12.5. The Labute approximate surface area is 126 Å². The second-order valence-corrected chi connectivity index (χ2v) is 5.90. The maximum atomic E-state index is 12.0. The molecule has 1 aromatic carbocycles. The number of carbonyl (C=O) groups excluding carboxylic acids is 1. The maximum Gasteiger partial charge on any atom is 0.328 e. The Morgan fingerprint density at radius 2 is 1.95 bits per heavy atom. The van der Waals surface area contributed by atoms with Crippen LogP contribution in [0.1, 0.15) is 25.7 Å². The van der Waals surface area contributed by atoms with Gasteiger partial charge in [0.05, 0.1) is 4.88 Å². The number of rotatable bonds is 4. The van der Waals surface area contributed by atoms with Gasteiger partial charge in [0, 0.05) is 16.6 Å². The number of carbonyl (C=O) groups is 2. The third kappa shape index (κ3) is 4.03. The van der Waals surface area contributed by atoms with Gasteiger partial charge in [-0.25, -0.2) is 4.79 Å². The lowest BCUT2D eigenvalue weighted by atomic mass is 10.1. The van der Waals surface area contributed by atoms with Crippen molar-refractivity contribution in [3.63, 3.8) is 0 Å². The van der Waals surface area contributed by atoms with Crippen LogP contribution in [0.4, 0.5) is 5.69 Å². The highest BCUT2D eigenvalue weighted by Gasteiger charge is 2.08. The molecule has 108 valence electrons. The third-order valence-corrected chi connectivity index (χ3v) is 3.90. The standard InChI is InChI=1S/C16H15NO3S/c1-10-9-13(6-4-12(10)5-8-15(18)19)17-16(20)14-7-3-11(2)21-14/h3-9H,1-2H3,(H,17,20)(H,18,19). The molecular formula is C16H15NO3S. The van der Waals surface area contributed by atoms with Crippen LogP contribution in [0.25, 0.3) is 6.08 Å². The predicted molar refractivity (Wildman–Crippen MR) is 84.9 cm³/mol. The molecule has 1 heterocycles. The van der Waals surface area contributed by atoms with Gasteiger partial charge in [-0.2, -0.15) is 0 Å². The smallest absolute Gasteiger partial charge is 0.328 e. The molecule has 1 amide bonds. The molecule has 0 unspecified atom stereocenters. The summed E-state index contributed by atoms with van der Waals surface area (Å²) in [6, 6.07) is 9.06. The van der Waals surface area contributed by atoms with E-state index in [2.05, 4.69) is 5.32 Å². The number of aliphatic carboxylic acids is 1. The molecule has 21 heavy (non-hydrogen) atoms. The van der Waals surface area contributed by atoms with E-state index in [1.54, 1.807) is 18.2 Å². The van der Waals surface area contributed by atoms with E-state index in [1.165, 1.54) is 17.4 Å². The van der Waals surface area contributed by atoms with E-state index in [-0.39, 0.29) is 5.91 Å². The maximum absolute atomic E-state index is 12.0. The first-order valence-electron chi connectivity index (χ1n) is 6.35. The molecule has 0 spiro atoms. The summed E-state index contributed by atoms with van der Waals surface area (Å²) in [6.45, 7) is 3.82. The second kappa shape index (κ2) is 6.37. The topological polar surface area (TPSA) is 66.4 Å². The lowest BCUT2D eigenvalue weighted by molar-refractivity contribution is -0.131. The van der Waals surface area contributed by atoms with E-state index in [4.69, 9.17) is 5.11 Å². The van der Waals surface area contributed by atoms with Crippen LogP contribution in [0.5, 0.6) is 0 Å². The lowest BCUT2D eigenvalue weighted by Crippen LogP contribution is -2.10. The number of anilines is 1. The summed E-state index contributed by atoms with van der Waals surface area (Å²) in [7, 11) is 0. The molecule has 2 aromatic rings. The molecule has 0 saturated carbocycles. The highest BCUT2D eigenvalue weighted by atomic mass is 32.1. The van der Waals surface area contributed by atoms with Crippen molar-refractivity contribution in [2.24, 2.45) is 0 Å². The minimum absolute atomic E-state index is 0.138. The van der Waals surface area contributed by atoms with Gasteiger partial charge in [0.25, 0.3) is 5.91 Å². The number of hydrogen-bond donors (Lipinski definition) is 2. The monoisotopic (exact) mass is 301 g/mol. The molecular weight excluding hydrogens is 286 g/mol. The summed E-state index contributed by atoms with van der Waals surface area (Å²) in [6.07, 6.45) is 2.63. The number of hydrogen-bond acceptors (Lipinski definition) is 3. The number of benzene rings is 1. The van der Waals surface area contributed by atoms with Gasteiger partial charge in [0.15, 0.2) is 0 Å². The fourth-order valence-electron chi connectivity index (χ4n) is 1.85. The summed E-state index contributed by atoms with van der Waals surface area (Å²) in [5.41, 5.74) is 2.39.